The normalized spacial score (nSPS) is 15.2. The molecule has 0 bridgehead atoms. The van der Waals surface area contributed by atoms with Crippen LogP contribution in [0.1, 0.15) is 31.7 Å². The Kier molecular flexibility index (Phi) is 6.37. The molecule has 2 amide bonds. The van der Waals surface area contributed by atoms with Gasteiger partial charge in [-0.05, 0) is 56.2 Å². The first-order valence-corrected chi connectivity index (χ1v) is 9.71. The van der Waals surface area contributed by atoms with Crippen molar-refractivity contribution in [2.24, 2.45) is 5.73 Å². The summed E-state index contributed by atoms with van der Waals surface area (Å²) in [5.41, 5.74) is 10.4. The molecule has 5 N–H and O–H groups in total. The first kappa shape index (κ1) is 19.5. The number of anilines is 2. The maximum atomic E-state index is 11.8. The van der Waals surface area contributed by atoms with Crippen LogP contribution in [0.4, 0.5) is 16.4 Å². The molecule has 2 heterocycles. The van der Waals surface area contributed by atoms with Gasteiger partial charge >= 0.3 is 6.03 Å². The number of fused-ring (bicyclic) bond motifs is 1. The van der Waals surface area contributed by atoms with Crippen molar-refractivity contribution in [3.63, 3.8) is 0 Å². The molecule has 7 nitrogen and oxygen atoms in total. The summed E-state index contributed by atoms with van der Waals surface area (Å²) in [6.07, 6.45) is 10.7. The van der Waals surface area contributed by atoms with Crippen LogP contribution in [0.2, 0.25) is 0 Å². The number of allylic oxidation sites excluding steroid dienone is 4. The monoisotopic (exact) mass is 380 g/mol. The van der Waals surface area contributed by atoms with E-state index in [4.69, 9.17) is 5.73 Å². The fourth-order valence-corrected chi connectivity index (χ4v) is 3.47. The quantitative estimate of drug-likeness (QED) is 0.574. The number of hydrogen-bond donors (Lipinski definition) is 4. The van der Waals surface area contributed by atoms with Crippen molar-refractivity contribution in [1.82, 2.24) is 15.3 Å². The van der Waals surface area contributed by atoms with Crippen LogP contribution in [0.15, 0.2) is 43.1 Å². The first-order chi connectivity index (χ1) is 13.7. The summed E-state index contributed by atoms with van der Waals surface area (Å²) >= 11 is 0. The minimum atomic E-state index is -0.280. The van der Waals surface area contributed by atoms with Gasteiger partial charge in [-0.15, -0.1) is 0 Å². The SMILES string of the molecule is C=C/C(=C\C=C/N)c1cc2[nH]c(NC(=O)NCC)nc2cc1N1CCCCC1. The maximum absolute atomic E-state index is 11.8. The third-order valence-corrected chi connectivity index (χ3v) is 4.78. The summed E-state index contributed by atoms with van der Waals surface area (Å²) in [4.78, 5) is 21.9. The summed E-state index contributed by atoms with van der Waals surface area (Å²) in [7, 11) is 0. The van der Waals surface area contributed by atoms with E-state index in [2.05, 4.69) is 44.2 Å². The molecule has 0 aliphatic carbocycles. The fourth-order valence-electron chi connectivity index (χ4n) is 3.47. The highest BCUT2D eigenvalue weighted by atomic mass is 16.2. The average Bonchev–Trinajstić information content (AvgIpc) is 3.09. The number of carbonyl (C=O) groups excluding carboxylic acids is 1. The number of hydrogen-bond acceptors (Lipinski definition) is 4. The van der Waals surface area contributed by atoms with Crippen LogP contribution in [0.5, 0.6) is 0 Å². The summed E-state index contributed by atoms with van der Waals surface area (Å²) in [5, 5.41) is 5.44. The second kappa shape index (κ2) is 9.12. The third-order valence-electron chi connectivity index (χ3n) is 4.78. The molecule has 0 unspecified atom stereocenters. The minimum absolute atomic E-state index is 0.280. The van der Waals surface area contributed by atoms with Gasteiger partial charge in [0.05, 0.1) is 11.0 Å². The predicted molar refractivity (Wildman–Crippen MR) is 116 cm³/mol. The van der Waals surface area contributed by atoms with E-state index in [0.29, 0.717) is 12.5 Å². The van der Waals surface area contributed by atoms with E-state index in [1.807, 2.05) is 19.1 Å². The van der Waals surface area contributed by atoms with Crippen LogP contribution in [-0.4, -0.2) is 35.6 Å². The number of amides is 2. The minimum Gasteiger partial charge on any atom is -0.405 e. The van der Waals surface area contributed by atoms with E-state index in [-0.39, 0.29) is 6.03 Å². The molecule has 1 aliphatic rings. The molecule has 1 fully saturated rings. The zero-order chi connectivity index (χ0) is 19.9. The maximum Gasteiger partial charge on any atom is 0.321 e. The molecular weight excluding hydrogens is 352 g/mol. The van der Waals surface area contributed by atoms with Crippen LogP contribution in [0, 0.1) is 0 Å². The molecule has 0 radical (unpaired) electrons. The zero-order valence-corrected chi connectivity index (χ0v) is 16.3. The van der Waals surface area contributed by atoms with Crippen molar-refractivity contribution in [2.75, 3.05) is 29.9 Å². The standard InChI is InChI=1S/C21H28N6O/c1-3-15(9-8-10-22)16-13-17-18(14-19(16)27-11-6-5-7-12-27)25-20(24-17)26-21(28)23-4-2/h3,8-10,13-14H,1,4-7,11-12,22H2,2H3,(H3,23,24,25,26,28)/b10-8-,15-9+. The van der Waals surface area contributed by atoms with E-state index >= 15 is 0 Å². The van der Waals surface area contributed by atoms with E-state index in [9.17, 15) is 4.79 Å². The molecule has 1 aromatic carbocycles. The van der Waals surface area contributed by atoms with Gasteiger partial charge in [0.25, 0.3) is 0 Å². The van der Waals surface area contributed by atoms with Crippen LogP contribution in [0.3, 0.4) is 0 Å². The number of nitrogens with one attached hydrogen (secondary N) is 3. The summed E-state index contributed by atoms with van der Waals surface area (Å²) in [5.74, 6) is 0.425. The molecule has 0 atom stereocenters. The molecule has 1 saturated heterocycles. The lowest BCUT2D eigenvalue weighted by atomic mass is 9.99. The summed E-state index contributed by atoms with van der Waals surface area (Å²) < 4.78 is 0. The number of H-pyrrole nitrogens is 1. The van der Waals surface area contributed by atoms with Crippen molar-refractivity contribution >= 4 is 34.3 Å². The van der Waals surface area contributed by atoms with Gasteiger partial charge in [0.15, 0.2) is 0 Å². The largest absolute Gasteiger partial charge is 0.405 e. The Morgan fingerprint density at radius 1 is 1.36 bits per heavy atom. The lowest BCUT2D eigenvalue weighted by Gasteiger charge is -2.31. The Bertz CT molecular complexity index is 905. The smallest absolute Gasteiger partial charge is 0.321 e. The second-order valence-electron chi connectivity index (χ2n) is 6.72. The molecule has 3 rings (SSSR count). The van der Waals surface area contributed by atoms with Crippen LogP contribution < -0.4 is 21.3 Å². The number of urea groups is 1. The lowest BCUT2D eigenvalue weighted by Crippen LogP contribution is -2.30. The highest BCUT2D eigenvalue weighted by Crippen LogP contribution is 2.34. The molecule has 2 aromatic rings. The fraction of sp³-hybridized carbons (Fsp3) is 0.333. The number of aromatic nitrogens is 2. The number of imidazole rings is 1. The van der Waals surface area contributed by atoms with Crippen LogP contribution in [0.25, 0.3) is 16.6 Å². The molecule has 148 valence electrons. The topological polar surface area (TPSA) is 99.1 Å². The number of carbonyl (C=O) groups is 1. The first-order valence-electron chi connectivity index (χ1n) is 9.71. The van der Waals surface area contributed by atoms with Crippen molar-refractivity contribution in [2.45, 2.75) is 26.2 Å². The van der Waals surface area contributed by atoms with Crippen molar-refractivity contribution in [3.8, 4) is 0 Å². The third kappa shape index (κ3) is 4.36. The number of aromatic amines is 1. The number of benzene rings is 1. The van der Waals surface area contributed by atoms with Gasteiger partial charge in [-0.3, -0.25) is 5.32 Å². The zero-order valence-electron chi connectivity index (χ0n) is 16.3. The number of rotatable bonds is 6. The summed E-state index contributed by atoms with van der Waals surface area (Å²) in [6, 6.07) is 3.86. The van der Waals surface area contributed by atoms with Gasteiger partial charge in [0.2, 0.25) is 5.95 Å². The summed E-state index contributed by atoms with van der Waals surface area (Å²) in [6.45, 7) is 8.43. The Morgan fingerprint density at radius 2 is 2.14 bits per heavy atom. The van der Waals surface area contributed by atoms with Gasteiger partial charge in [-0.1, -0.05) is 18.7 Å². The molecule has 1 aromatic heterocycles. The van der Waals surface area contributed by atoms with E-state index < -0.39 is 0 Å². The Morgan fingerprint density at radius 3 is 2.82 bits per heavy atom. The van der Waals surface area contributed by atoms with Gasteiger partial charge in [-0.2, -0.15) is 0 Å². The Hall–Kier alpha value is -3.22. The Labute approximate surface area is 165 Å². The van der Waals surface area contributed by atoms with Crippen molar-refractivity contribution in [3.05, 3.63) is 48.7 Å². The molecule has 28 heavy (non-hydrogen) atoms. The predicted octanol–water partition coefficient (Wildman–Crippen LogP) is 3.74. The van der Waals surface area contributed by atoms with E-state index in [1.54, 1.807) is 6.08 Å². The highest BCUT2D eigenvalue weighted by Gasteiger charge is 2.18. The molecule has 0 saturated carbocycles. The van der Waals surface area contributed by atoms with Gasteiger partial charge < -0.3 is 20.9 Å². The number of nitrogens with zero attached hydrogens (tertiary/aromatic N) is 2. The molecule has 1 aliphatic heterocycles. The highest BCUT2D eigenvalue weighted by molar-refractivity contribution is 5.94. The van der Waals surface area contributed by atoms with Crippen LogP contribution >= 0.6 is 0 Å². The second-order valence-corrected chi connectivity index (χ2v) is 6.72. The van der Waals surface area contributed by atoms with E-state index in [0.717, 1.165) is 40.9 Å². The van der Waals surface area contributed by atoms with Gasteiger partial charge in [-0.25, -0.2) is 9.78 Å². The Balaban J connectivity index is 2.06. The average molecular weight is 380 g/mol. The molecular formula is C21H28N6O. The van der Waals surface area contributed by atoms with Gasteiger partial charge in [0.1, 0.15) is 0 Å². The molecule has 0 spiro atoms. The van der Waals surface area contributed by atoms with Crippen LogP contribution in [-0.2, 0) is 0 Å². The number of nitrogens with two attached hydrogens (primary N) is 1. The molecule has 7 heteroatoms. The van der Waals surface area contributed by atoms with E-state index in [1.165, 1.54) is 25.5 Å². The van der Waals surface area contributed by atoms with Crippen molar-refractivity contribution in [1.29, 1.82) is 0 Å². The lowest BCUT2D eigenvalue weighted by molar-refractivity contribution is 0.252. The number of piperidine rings is 1. The van der Waals surface area contributed by atoms with Gasteiger partial charge in [0, 0.05) is 30.9 Å². The van der Waals surface area contributed by atoms with Crippen molar-refractivity contribution < 1.29 is 4.79 Å².